The van der Waals surface area contributed by atoms with E-state index in [9.17, 15) is 0 Å². The third-order valence-electron chi connectivity index (χ3n) is 3.44. The van der Waals surface area contributed by atoms with Crippen LogP contribution >= 0.6 is 23.4 Å². The van der Waals surface area contributed by atoms with Crippen molar-refractivity contribution in [3.63, 3.8) is 0 Å². The average Bonchev–Trinajstić information content (AvgIpc) is 2.88. The van der Waals surface area contributed by atoms with Crippen LogP contribution in [0.4, 0.5) is 5.69 Å². The van der Waals surface area contributed by atoms with Crippen LogP contribution in [0.1, 0.15) is 17.0 Å². The van der Waals surface area contributed by atoms with Gasteiger partial charge in [-0.15, -0.1) is 11.8 Å². The number of hydrogen-bond donors (Lipinski definition) is 1. The standard InChI is InChI=1S/C16H13ClN2S/c17-15-7-13(6-5-11(15)8-18)19-9-12-10-20-16-4-2-1-3-14(12)16/h1-7,12,19H,9-10H2. The topological polar surface area (TPSA) is 35.8 Å². The Bertz CT molecular complexity index is 678. The molecule has 1 heterocycles. The molecule has 1 aliphatic rings. The minimum absolute atomic E-state index is 0.499. The fourth-order valence-corrected chi connectivity index (χ4v) is 3.83. The number of fused-ring (bicyclic) bond motifs is 1. The maximum atomic E-state index is 8.86. The molecule has 1 atom stereocenters. The molecule has 0 saturated heterocycles. The number of anilines is 1. The van der Waals surface area contributed by atoms with Crippen LogP contribution in [0.2, 0.25) is 5.02 Å². The van der Waals surface area contributed by atoms with Gasteiger partial charge >= 0.3 is 0 Å². The van der Waals surface area contributed by atoms with E-state index in [0.717, 1.165) is 18.0 Å². The highest BCUT2D eigenvalue weighted by Crippen LogP contribution is 2.39. The molecular formula is C16H13ClN2S. The van der Waals surface area contributed by atoms with Gasteiger partial charge in [0, 0.05) is 28.8 Å². The summed E-state index contributed by atoms with van der Waals surface area (Å²) in [7, 11) is 0. The van der Waals surface area contributed by atoms with Gasteiger partial charge in [-0.25, -0.2) is 0 Å². The van der Waals surface area contributed by atoms with Gasteiger partial charge < -0.3 is 5.32 Å². The van der Waals surface area contributed by atoms with Crippen molar-refractivity contribution in [3.8, 4) is 6.07 Å². The third kappa shape index (κ3) is 2.63. The summed E-state index contributed by atoms with van der Waals surface area (Å²) >= 11 is 7.95. The summed E-state index contributed by atoms with van der Waals surface area (Å²) in [5.41, 5.74) is 2.90. The van der Waals surface area contributed by atoms with Crippen LogP contribution in [-0.2, 0) is 0 Å². The highest BCUT2D eigenvalue weighted by molar-refractivity contribution is 7.99. The lowest BCUT2D eigenvalue weighted by atomic mass is 10.0. The number of nitriles is 1. The normalized spacial score (nSPS) is 16.5. The molecule has 0 bridgehead atoms. The predicted octanol–water partition coefficient (Wildman–Crippen LogP) is 4.51. The van der Waals surface area contributed by atoms with E-state index >= 15 is 0 Å². The molecule has 20 heavy (non-hydrogen) atoms. The summed E-state index contributed by atoms with van der Waals surface area (Å²) in [5.74, 6) is 1.63. The molecule has 1 aliphatic heterocycles. The number of thioether (sulfide) groups is 1. The Morgan fingerprint density at radius 1 is 1.30 bits per heavy atom. The van der Waals surface area contributed by atoms with E-state index in [1.807, 2.05) is 23.9 Å². The van der Waals surface area contributed by atoms with Gasteiger partial charge in [-0.2, -0.15) is 5.26 Å². The highest BCUT2D eigenvalue weighted by Gasteiger charge is 2.22. The lowest BCUT2D eigenvalue weighted by Crippen LogP contribution is -2.12. The van der Waals surface area contributed by atoms with Gasteiger partial charge in [-0.1, -0.05) is 29.8 Å². The zero-order chi connectivity index (χ0) is 13.9. The van der Waals surface area contributed by atoms with Crippen LogP contribution in [-0.4, -0.2) is 12.3 Å². The summed E-state index contributed by atoms with van der Waals surface area (Å²) in [6, 6.07) is 16.1. The number of nitrogens with one attached hydrogen (secondary N) is 1. The summed E-state index contributed by atoms with van der Waals surface area (Å²) < 4.78 is 0. The van der Waals surface area contributed by atoms with E-state index < -0.39 is 0 Å². The summed E-state index contributed by atoms with van der Waals surface area (Å²) in [6.45, 7) is 0.881. The van der Waals surface area contributed by atoms with E-state index in [4.69, 9.17) is 16.9 Å². The molecule has 1 unspecified atom stereocenters. The quantitative estimate of drug-likeness (QED) is 0.905. The Morgan fingerprint density at radius 2 is 2.15 bits per heavy atom. The van der Waals surface area contributed by atoms with E-state index in [1.54, 1.807) is 6.07 Å². The van der Waals surface area contributed by atoms with Crippen LogP contribution in [0, 0.1) is 11.3 Å². The van der Waals surface area contributed by atoms with Crippen molar-refractivity contribution >= 4 is 29.1 Å². The molecule has 100 valence electrons. The summed E-state index contributed by atoms with van der Waals surface area (Å²) in [5, 5.41) is 12.8. The minimum Gasteiger partial charge on any atom is -0.384 e. The molecule has 1 N–H and O–H groups in total. The molecular weight excluding hydrogens is 288 g/mol. The number of hydrogen-bond acceptors (Lipinski definition) is 3. The van der Waals surface area contributed by atoms with Crippen molar-refractivity contribution in [1.29, 1.82) is 5.26 Å². The highest BCUT2D eigenvalue weighted by atomic mass is 35.5. The Kier molecular flexibility index (Phi) is 3.86. The van der Waals surface area contributed by atoms with E-state index in [0.29, 0.717) is 16.5 Å². The monoisotopic (exact) mass is 300 g/mol. The maximum Gasteiger partial charge on any atom is 0.101 e. The molecule has 2 aromatic rings. The molecule has 2 nitrogen and oxygen atoms in total. The second kappa shape index (κ2) is 5.78. The first-order chi connectivity index (χ1) is 9.78. The van der Waals surface area contributed by atoms with Gasteiger partial charge in [0.1, 0.15) is 6.07 Å². The second-order valence-electron chi connectivity index (χ2n) is 4.73. The molecule has 0 amide bonds. The van der Waals surface area contributed by atoms with Crippen LogP contribution < -0.4 is 5.32 Å². The van der Waals surface area contributed by atoms with Crippen molar-refractivity contribution in [1.82, 2.24) is 0 Å². The van der Waals surface area contributed by atoms with Crippen LogP contribution in [0.15, 0.2) is 47.4 Å². The van der Waals surface area contributed by atoms with Gasteiger partial charge in [0.2, 0.25) is 0 Å². The second-order valence-corrected chi connectivity index (χ2v) is 6.20. The zero-order valence-electron chi connectivity index (χ0n) is 10.8. The SMILES string of the molecule is N#Cc1ccc(NCC2CSc3ccccc32)cc1Cl. The lowest BCUT2D eigenvalue weighted by Gasteiger charge is -2.13. The van der Waals surface area contributed by atoms with Crippen LogP contribution in [0.3, 0.4) is 0 Å². The van der Waals surface area contributed by atoms with Gasteiger partial charge in [-0.05, 0) is 29.8 Å². The molecule has 2 aromatic carbocycles. The zero-order valence-corrected chi connectivity index (χ0v) is 12.3. The molecule has 0 spiro atoms. The molecule has 0 saturated carbocycles. The molecule has 0 radical (unpaired) electrons. The van der Waals surface area contributed by atoms with E-state index in [-0.39, 0.29) is 0 Å². The first-order valence-electron chi connectivity index (χ1n) is 6.43. The third-order valence-corrected chi connectivity index (χ3v) is 5.01. The molecule has 0 fully saturated rings. The van der Waals surface area contributed by atoms with Gasteiger partial charge in [0.15, 0.2) is 0 Å². The van der Waals surface area contributed by atoms with E-state index in [2.05, 4.69) is 35.7 Å². The Labute approximate surface area is 127 Å². The van der Waals surface area contributed by atoms with Crippen LogP contribution in [0.25, 0.3) is 0 Å². The van der Waals surface area contributed by atoms with Gasteiger partial charge in [0.25, 0.3) is 0 Å². The molecule has 3 rings (SSSR count). The largest absolute Gasteiger partial charge is 0.384 e. The van der Waals surface area contributed by atoms with Crippen LogP contribution in [0.5, 0.6) is 0 Å². The van der Waals surface area contributed by atoms with Crippen molar-refractivity contribution < 1.29 is 0 Å². The van der Waals surface area contributed by atoms with Crippen molar-refractivity contribution in [2.24, 2.45) is 0 Å². The lowest BCUT2D eigenvalue weighted by molar-refractivity contribution is 0.819. The Hall–Kier alpha value is -1.63. The number of nitrogens with zero attached hydrogens (tertiary/aromatic N) is 1. The van der Waals surface area contributed by atoms with E-state index in [1.165, 1.54) is 10.5 Å². The van der Waals surface area contributed by atoms with Gasteiger partial charge in [-0.3, -0.25) is 0 Å². The number of benzene rings is 2. The molecule has 0 aromatic heterocycles. The van der Waals surface area contributed by atoms with Crippen molar-refractivity contribution in [3.05, 3.63) is 58.6 Å². The Morgan fingerprint density at radius 3 is 2.95 bits per heavy atom. The maximum absolute atomic E-state index is 8.86. The number of halogens is 1. The first kappa shape index (κ1) is 13.4. The van der Waals surface area contributed by atoms with Crippen molar-refractivity contribution in [2.75, 3.05) is 17.6 Å². The first-order valence-corrected chi connectivity index (χ1v) is 7.79. The molecule has 4 heteroatoms. The average molecular weight is 301 g/mol. The predicted molar refractivity (Wildman–Crippen MR) is 84.6 cm³/mol. The van der Waals surface area contributed by atoms with Gasteiger partial charge in [0.05, 0.1) is 10.6 Å². The number of rotatable bonds is 3. The summed E-state index contributed by atoms with van der Waals surface area (Å²) in [6.07, 6.45) is 0. The minimum atomic E-state index is 0.499. The smallest absolute Gasteiger partial charge is 0.101 e. The molecule has 0 aliphatic carbocycles. The van der Waals surface area contributed by atoms with Crippen molar-refractivity contribution in [2.45, 2.75) is 10.8 Å². The Balaban J connectivity index is 1.69. The summed E-state index contributed by atoms with van der Waals surface area (Å²) in [4.78, 5) is 1.39. The fourth-order valence-electron chi connectivity index (χ4n) is 2.36. The fraction of sp³-hybridized carbons (Fsp3) is 0.188.